The molecule has 106 valence electrons. The van der Waals surface area contributed by atoms with Crippen LogP contribution in [0, 0.1) is 0 Å². The van der Waals surface area contributed by atoms with E-state index in [0.717, 1.165) is 5.56 Å². The number of benzene rings is 1. The Bertz CT molecular complexity index is 596. The summed E-state index contributed by atoms with van der Waals surface area (Å²) in [6.07, 6.45) is 1.67. The third kappa shape index (κ3) is 3.79. The molecule has 0 saturated carbocycles. The van der Waals surface area contributed by atoms with Crippen LogP contribution < -0.4 is 11.1 Å². The van der Waals surface area contributed by atoms with Crippen molar-refractivity contribution in [1.29, 1.82) is 0 Å². The summed E-state index contributed by atoms with van der Waals surface area (Å²) in [5.74, 6) is -0.161. The number of hydrogen-bond donors (Lipinski definition) is 2. The van der Waals surface area contributed by atoms with E-state index in [1.54, 1.807) is 12.3 Å². The van der Waals surface area contributed by atoms with Crippen LogP contribution in [0.3, 0.4) is 0 Å². The van der Waals surface area contributed by atoms with Gasteiger partial charge in [0.2, 0.25) is 5.91 Å². The molecule has 1 heterocycles. The topological polar surface area (TPSA) is 85.8 Å². The van der Waals surface area contributed by atoms with Gasteiger partial charge in [0, 0.05) is 17.6 Å². The van der Waals surface area contributed by atoms with Crippen LogP contribution >= 0.6 is 11.6 Å². The van der Waals surface area contributed by atoms with Gasteiger partial charge in [0.15, 0.2) is 0 Å². The number of nitrogens with one attached hydrogen (secondary N) is 1. The van der Waals surface area contributed by atoms with Crippen molar-refractivity contribution in [3.63, 3.8) is 0 Å². The Morgan fingerprint density at radius 2 is 2.25 bits per heavy atom. The average Bonchev–Trinajstić information content (AvgIpc) is 2.86. The zero-order chi connectivity index (χ0) is 14.5. The van der Waals surface area contributed by atoms with E-state index in [4.69, 9.17) is 17.3 Å². The van der Waals surface area contributed by atoms with Crippen LogP contribution in [0.4, 0.5) is 0 Å². The normalized spacial score (nSPS) is 12.2. The summed E-state index contributed by atoms with van der Waals surface area (Å²) in [6.45, 7) is 2.29. The maximum Gasteiger partial charge on any atom is 0.242 e. The number of nitrogens with zero attached hydrogens (tertiary/aromatic N) is 3. The van der Waals surface area contributed by atoms with Crippen LogP contribution in [-0.4, -0.2) is 20.9 Å². The van der Waals surface area contributed by atoms with Gasteiger partial charge in [0.25, 0.3) is 0 Å². The molecule has 0 spiro atoms. The molecule has 2 rings (SSSR count). The SMILES string of the molecule is CC(N)c1cn(CC(=O)NCc2ccccc2Cl)nn1. The van der Waals surface area contributed by atoms with E-state index in [0.29, 0.717) is 17.3 Å². The quantitative estimate of drug-likeness (QED) is 0.869. The lowest BCUT2D eigenvalue weighted by molar-refractivity contribution is -0.122. The largest absolute Gasteiger partial charge is 0.350 e. The highest BCUT2D eigenvalue weighted by Gasteiger charge is 2.08. The molecule has 1 unspecified atom stereocenters. The summed E-state index contributed by atoms with van der Waals surface area (Å²) in [4.78, 5) is 11.8. The van der Waals surface area contributed by atoms with E-state index in [1.807, 2.05) is 25.1 Å². The molecular formula is C13H16ClN5O. The molecule has 3 N–H and O–H groups in total. The lowest BCUT2D eigenvalue weighted by atomic mass is 10.2. The molecule has 0 aliphatic rings. The first-order valence-electron chi connectivity index (χ1n) is 6.22. The number of nitrogens with two attached hydrogens (primary N) is 1. The minimum Gasteiger partial charge on any atom is -0.350 e. The second-order valence-electron chi connectivity index (χ2n) is 4.50. The summed E-state index contributed by atoms with van der Waals surface area (Å²) in [7, 11) is 0. The third-order valence-electron chi connectivity index (χ3n) is 2.76. The molecule has 20 heavy (non-hydrogen) atoms. The highest BCUT2D eigenvalue weighted by molar-refractivity contribution is 6.31. The molecule has 6 nitrogen and oxygen atoms in total. The Labute approximate surface area is 121 Å². The number of aromatic nitrogens is 3. The van der Waals surface area contributed by atoms with E-state index in [1.165, 1.54) is 4.68 Å². The maximum atomic E-state index is 11.8. The Morgan fingerprint density at radius 1 is 1.50 bits per heavy atom. The lowest BCUT2D eigenvalue weighted by Gasteiger charge is -2.06. The van der Waals surface area contributed by atoms with Crippen molar-refractivity contribution in [2.45, 2.75) is 26.1 Å². The van der Waals surface area contributed by atoms with Gasteiger partial charge in [0.1, 0.15) is 6.54 Å². The van der Waals surface area contributed by atoms with E-state index < -0.39 is 0 Å². The van der Waals surface area contributed by atoms with Crippen LogP contribution in [0.2, 0.25) is 5.02 Å². The molecule has 0 saturated heterocycles. The van der Waals surface area contributed by atoms with Gasteiger partial charge in [-0.2, -0.15) is 0 Å². The van der Waals surface area contributed by atoms with Crippen LogP contribution in [0.15, 0.2) is 30.5 Å². The van der Waals surface area contributed by atoms with Gasteiger partial charge in [-0.05, 0) is 18.6 Å². The molecule has 0 radical (unpaired) electrons. The third-order valence-corrected chi connectivity index (χ3v) is 3.13. The predicted molar refractivity (Wildman–Crippen MR) is 75.9 cm³/mol. The van der Waals surface area contributed by atoms with E-state index in [9.17, 15) is 4.79 Å². The highest BCUT2D eigenvalue weighted by Crippen LogP contribution is 2.14. The molecule has 1 atom stereocenters. The molecule has 1 aromatic carbocycles. The van der Waals surface area contributed by atoms with E-state index >= 15 is 0 Å². The molecule has 2 aromatic rings. The van der Waals surface area contributed by atoms with Crippen LogP contribution in [0.25, 0.3) is 0 Å². The minimum absolute atomic E-state index is 0.101. The smallest absolute Gasteiger partial charge is 0.242 e. The molecule has 0 aliphatic carbocycles. The van der Waals surface area contributed by atoms with Crippen molar-refractivity contribution in [3.8, 4) is 0 Å². The first kappa shape index (κ1) is 14.5. The van der Waals surface area contributed by atoms with Gasteiger partial charge in [0.05, 0.1) is 11.9 Å². The van der Waals surface area contributed by atoms with Gasteiger partial charge in [-0.3, -0.25) is 4.79 Å². The first-order chi connectivity index (χ1) is 9.56. The molecular weight excluding hydrogens is 278 g/mol. The van der Waals surface area contributed by atoms with Gasteiger partial charge >= 0.3 is 0 Å². The number of halogens is 1. The number of rotatable bonds is 5. The Balaban J connectivity index is 1.88. The predicted octanol–water partition coefficient (Wildman–Crippen LogP) is 1.27. The summed E-state index contributed by atoms with van der Waals surface area (Å²) in [5.41, 5.74) is 7.21. The monoisotopic (exact) mass is 293 g/mol. The highest BCUT2D eigenvalue weighted by atomic mass is 35.5. The van der Waals surface area contributed by atoms with Gasteiger partial charge in [-0.25, -0.2) is 4.68 Å². The summed E-state index contributed by atoms with van der Waals surface area (Å²) in [5, 5.41) is 11.2. The molecule has 1 aromatic heterocycles. The summed E-state index contributed by atoms with van der Waals surface area (Å²) < 4.78 is 1.46. The lowest BCUT2D eigenvalue weighted by Crippen LogP contribution is -2.27. The number of hydrogen-bond acceptors (Lipinski definition) is 4. The fourth-order valence-corrected chi connectivity index (χ4v) is 1.84. The molecule has 7 heteroatoms. The van der Waals surface area contributed by atoms with Crippen LogP contribution in [-0.2, 0) is 17.9 Å². The number of carbonyl (C=O) groups is 1. The van der Waals surface area contributed by atoms with Gasteiger partial charge < -0.3 is 11.1 Å². The Hall–Kier alpha value is -1.92. The fourth-order valence-electron chi connectivity index (χ4n) is 1.64. The Morgan fingerprint density at radius 3 is 2.90 bits per heavy atom. The van der Waals surface area contributed by atoms with E-state index in [-0.39, 0.29) is 18.5 Å². The van der Waals surface area contributed by atoms with Crippen molar-refractivity contribution >= 4 is 17.5 Å². The molecule has 0 aliphatic heterocycles. The van der Waals surface area contributed by atoms with Crippen molar-refractivity contribution in [1.82, 2.24) is 20.3 Å². The maximum absolute atomic E-state index is 11.8. The zero-order valence-corrected chi connectivity index (χ0v) is 11.8. The van der Waals surface area contributed by atoms with Gasteiger partial charge in [-0.15, -0.1) is 5.10 Å². The standard InChI is InChI=1S/C13H16ClN5O/c1-9(15)12-7-19(18-17-12)8-13(20)16-6-10-4-2-3-5-11(10)14/h2-5,7,9H,6,8,15H2,1H3,(H,16,20). The summed E-state index contributed by atoms with van der Waals surface area (Å²) >= 11 is 6.01. The number of carbonyl (C=O) groups excluding carboxylic acids is 1. The van der Waals surface area contributed by atoms with Crippen LogP contribution in [0.5, 0.6) is 0 Å². The first-order valence-corrected chi connectivity index (χ1v) is 6.60. The van der Waals surface area contributed by atoms with E-state index in [2.05, 4.69) is 15.6 Å². The fraction of sp³-hybridized carbons (Fsp3) is 0.308. The summed E-state index contributed by atoms with van der Waals surface area (Å²) in [6, 6.07) is 7.18. The number of amides is 1. The molecule has 0 fully saturated rings. The average molecular weight is 294 g/mol. The molecule has 1 amide bonds. The Kier molecular flexibility index (Phi) is 4.70. The second kappa shape index (κ2) is 6.49. The van der Waals surface area contributed by atoms with Crippen molar-refractivity contribution < 1.29 is 4.79 Å². The van der Waals surface area contributed by atoms with Crippen LogP contribution in [0.1, 0.15) is 24.2 Å². The zero-order valence-electron chi connectivity index (χ0n) is 11.1. The molecule has 0 bridgehead atoms. The van der Waals surface area contributed by atoms with Gasteiger partial charge in [-0.1, -0.05) is 35.0 Å². The van der Waals surface area contributed by atoms with Crippen molar-refractivity contribution in [3.05, 3.63) is 46.7 Å². The van der Waals surface area contributed by atoms with Crippen molar-refractivity contribution in [2.75, 3.05) is 0 Å². The minimum atomic E-state index is -0.199. The van der Waals surface area contributed by atoms with Crippen molar-refractivity contribution in [2.24, 2.45) is 5.73 Å². The second-order valence-corrected chi connectivity index (χ2v) is 4.91.